The smallest absolute Gasteiger partial charge is 0.165 e. The molecule has 0 radical (unpaired) electrons. The Morgan fingerprint density at radius 1 is 1.86 bits per heavy atom. The fraction of sp³-hybridized carbons (Fsp3) is 0.600. The first kappa shape index (κ1) is 6.92. The minimum Gasteiger partial charge on any atom is -0.424 e. The van der Waals surface area contributed by atoms with E-state index in [2.05, 4.69) is 6.58 Å². The third kappa shape index (κ3) is 5.92. The van der Waals surface area contributed by atoms with Gasteiger partial charge in [-0.2, -0.15) is 0 Å². The van der Waals surface area contributed by atoms with E-state index in [4.69, 9.17) is 4.43 Å². The van der Waals surface area contributed by atoms with Gasteiger partial charge in [-0.05, 0) is 13.0 Å². The highest BCUT2D eigenvalue weighted by Crippen LogP contribution is 1.78. The van der Waals surface area contributed by atoms with E-state index in [0.29, 0.717) is 0 Å². The highest BCUT2D eigenvalue weighted by Gasteiger charge is 1.77. The van der Waals surface area contributed by atoms with E-state index < -0.39 is 0 Å². The van der Waals surface area contributed by atoms with Gasteiger partial charge in [-0.25, -0.2) is 0 Å². The normalized spacial score (nSPS) is 10.4. The summed E-state index contributed by atoms with van der Waals surface area (Å²) in [5.74, 6) is 0. The molecule has 0 saturated carbocycles. The number of hydrogen-bond acceptors (Lipinski definition) is 1. The van der Waals surface area contributed by atoms with Crippen LogP contribution < -0.4 is 0 Å². The van der Waals surface area contributed by atoms with E-state index in [1.54, 1.807) is 0 Å². The second-order valence-electron chi connectivity index (χ2n) is 1.27. The van der Waals surface area contributed by atoms with Gasteiger partial charge in [0.1, 0.15) is 0 Å². The molecule has 1 nitrogen and oxygen atoms in total. The van der Waals surface area contributed by atoms with Gasteiger partial charge >= 0.3 is 0 Å². The summed E-state index contributed by atoms with van der Waals surface area (Å²) in [5, 5.41) is 0. The lowest BCUT2D eigenvalue weighted by Gasteiger charge is -1.91. The maximum atomic E-state index is 5.14. The predicted molar refractivity (Wildman–Crippen MR) is 35.2 cm³/mol. The van der Waals surface area contributed by atoms with E-state index >= 15 is 0 Å². The molecule has 0 fully saturated rings. The largest absolute Gasteiger partial charge is 0.424 e. The Morgan fingerprint density at radius 3 is 3.00 bits per heavy atom. The van der Waals surface area contributed by atoms with Crippen LogP contribution in [0.2, 0.25) is 6.04 Å². The summed E-state index contributed by atoms with van der Waals surface area (Å²) in [6.45, 7) is 6.49. The third-order valence-corrected chi connectivity index (χ3v) is 2.01. The summed E-state index contributed by atoms with van der Waals surface area (Å²) in [6, 6.07) is 1.10. The summed E-state index contributed by atoms with van der Waals surface area (Å²) >= 11 is 0. The first-order chi connectivity index (χ1) is 3.41. The molecule has 42 valence electrons. The molecule has 0 saturated heterocycles. The van der Waals surface area contributed by atoms with Crippen molar-refractivity contribution in [3.8, 4) is 0 Å². The predicted octanol–water partition coefficient (Wildman–Crippen LogP) is 0.711. The Labute approximate surface area is 47.3 Å². The Morgan fingerprint density at radius 2 is 2.57 bits per heavy atom. The molecule has 0 aromatic heterocycles. The third-order valence-electron chi connectivity index (χ3n) is 0.670. The van der Waals surface area contributed by atoms with Crippen molar-refractivity contribution in [2.24, 2.45) is 0 Å². The van der Waals surface area contributed by atoms with Gasteiger partial charge in [-0.15, -0.1) is 6.58 Å². The molecule has 0 atom stereocenters. The second kappa shape index (κ2) is 5.92. The van der Waals surface area contributed by atoms with Crippen molar-refractivity contribution in [2.75, 3.05) is 6.61 Å². The summed E-state index contributed by atoms with van der Waals surface area (Å²) in [4.78, 5) is 0. The molecule has 0 rings (SSSR count). The van der Waals surface area contributed by atoms with Crippen LogP contribution in [0, 0.1) is 0 Å². The van der Waals surface area contributed by atoms with Crippen LogP contribution in [0.4, 0.5) is 0 Å². The van der Waals surface area contributed by atoms with Crippen molar-refractivity contribution < 1.29 is 4.43 Å². The van der Waals surface area contributed by atoms with Crippen molar-refractivity contribution in [1.82, 2.24) is 0 Å². The molecular formula is C5H12OSi. The minimum atomic E-state index is -0.207. The van der Waals surface area contributed by atoms with Crippen LogP contribution in [-0.2, 0) is 4.43 Å². The zero-order valence-corrected chi connectivity index (χ0v) is 6.23. The van der Waals surface area contributed by atoms with Crippen molar-refractivity contribution in [2.45, 2.75) is 13.0 Å². The fourth-order valence-corrected chi connectivity index (χ4v) is 0.933. The topological polar surface area (TPSA) is 9.23 Å². The molecule has 0 amide bonds. The summed E-state index contributed by atoms with van der Waals surface area (Å²) in [5.41, 5.74) is 0. The SMILES string of the molecule is C=CC[SiH2]OCC. The first-order valence-electron chi connectivity index (χ1n) is 2.60. The Bertz CT molecular complexity index is 45.3. The fourth-order valence-electron chi connectivity index (χ4n) is 0.311. The van der Waals surface area contributed by atoms with Crippen LogP contribution in [-0.4, -0.2) is 16.4 Å². The lowest BCUT2D eigenvalue weighted by molar-refractivity contribution is 0.362. The average molecular weight is 116 g/mol. The average Bonchev–Trinajstić information content (AvgIpc) is 1.69. The van der Waals surface area contributed by atoms with E-state index in [-0.39, 0.29) is 9.76 Å². The summed E-state index contributed by atoms with van der Waals surface area (Å²) < 4.78 is 5.14. The molecule has 0 aliphatic heterocycles. The van der Waals surface area contributed by atoms with Crippen LogP contribution >= 0.6 is 0 Å². The van der Waals surface area contributed by atoms with Gasteiger partial charge < -0.3 is 4.43 Å². The lowest BCUT2D eigenvalue weighted by Crippen LogP contribution is -1.94. The molecular weight excluding hydrogens is 104 g/mol. The molecule has 2 heteroatoms. The van der Waals surface area contributed by atoms with Crippen LogP contribution in [0.3, 0.4) is 0 Å². The molecule has 0 aromatic carbocycles. The molecule has 0 spiro atoms. The molecule has 7 heavy (non-hydrogen) atoms. The van der Waals surface area contributed by atoms with Crippen molar-refractivity contribution in [1.29, 1.82) is 0 Å². The maximum absolute atomic E-state index is 5.14. The van der Waals surface area contributed by atoms with Crippen molar-refractivity contribution >= 4 is 9.76 Å². The minimum absolute atomic E-state index is 0.207. The van der Waals surface area contributed by atoms with E-state index in [1.165, 1.54) is 0 Å². The Kier molecular flexibility index (Phi) is 5.85. The zero-order chi connectivity index (χ0) is 5.54. The van der Waals surface area contributed by atoms with Crippen LogP contribution in [0.1, 0.15) is 6.92 Å². The van der Waals surface area contributed by atoms with Crippen molar-refractivity contribution in [3.63, 3.8) is 0 Å². The van der Waals surface area contributed by atoms with Crippen LogP contribution in [0.15, 0.2) is 12.7 Å². The summed E-state index contributed by atoms with van der Waals surface area (Å²) in [6.07, 6.45) is 1.92. The highest BCUT2D eigenvalue weighted by molar-refractivity contribution is 6.27. The number of allylic oxidation sites excluding steroid dienone is 1. The molecule has 0 heterocycles. The number of hydrogen-bond donors (Lipinski definition) is 0. The van der Waals surface area contributed by atoms with Gasteiger partial charge in [0.15, 0.2) is 9.76 Å². The monoisotopic (exact) mass is 116 g/mol. The Hall–Kier alpha value is -0.0831. The van der Waals surface area contributed by atoms with E-state index in [9.17, 15) is 0 Å². The standard InChI is InChI=1S/C5H12OSi/c1-3-5-7-6-4-2/h3H,1,4-5,7H2,2H3. The molecule has 0 aromatic rings. The summed E-state index contributed by atoms with van der Waals surface area (Å²) in [7, 11) is -0.207. The van der Waals surface area contributed by atoms with Gasteiger partial charge in [-0.3, -0.25) is 0 Å². The van der Waals surface area contributed by atoms with Gasteiger partial charge in [-0.1, -0.05) is 6.08 Å². The van der Waals surface area contributed by atoms with Crippen molar-refractivity contribution in [3.05, 3.63) is 12.7 Å². The Balaban J connectivity index is 2.56. The second-order valence-corrected chi connectivity index (χ2v) is 2.67. The molecule has 0 bridgehead atoms. The quantitative estimate of drug-likeness (QED) is 0.298. The van der Waals surface area contributed by atoms with Gasteiger partial charge in [0.25, 0.3) is 0 Å². The molecule has 0 N–H and O–H groups in total. The van der Waals surface area contributed by atoms with E-state index in [0.717, 1.165) is 12.7 Å². The maximum Gasteiger partial charge on any atom is 0.165 e. The number of rotatable bonds is 4. The van der Waals surface area contributed by atoms with Crippen LogP contribution in [0.5, 0.6) is 0 Å². The molecule has 0 aliphatic rings. The molecule has 0 unspecified atom stereocenters. The lowest BCUT2D eigenvalue weighted by atomic mass is 10.8. The van der Waals surface area contributed by atoms with E-state index in [1.807, 2.05) is 13.0 Å². The first-order valence-corrected chi connectivity index (χ1v) is 4.18. The van der Waals surface area contributed by atoms with Gasteiger partial charge in [0.2, 0.25) is 0 Å². The highest BCUT2D eigenvalue weighted by atomic mass is 28.2. The van der Waals surface area contributed by atoms with Gasteiger partial charge in [0.05, 0.1) is 0 Å². The van der Waals surface area contributed by atoms with Crippen LogP contribution in [0.25, 0.3) is 0 Å². The molecule has 0 aliphatic carbocycles. The zero-order valence-electron chi connectivity index (χ0n) is 4.81. The van der Waals surface area contributed by atoms with Gasteiger partial charge in [0, 0.05) is 6.61 Å².